The first-order valence-corrected chi connectivity index (χ1v) is 11.0. The van der Waals surface area contributed by atoms with Crippen molar-refractivity contribution < 1.29 is 0 Å². The molecule has 2 rings (SSSR count). The Hall–Kier alpha value is 0.397. The van der Waals surface area contributed by atoms with Gasteiger partial charge in [0, 0.05) is 14.0 Å². The van der Waals surface area contributed by atoms with Crippen LogP contribution < -0.4 is 0 Å². The topological polar surface area (TPSA) is 0 Å². The lowest BCUT2D eigenvalue weighted by molar-refractivity contribution is 0.890. The van der Waals surface area contributed by atoms with Crippen molar-refractivity contribution in [2.75, 3.05) is 0 Å². The molecule has 0 saturated heterocycles. The molecule has 2 atom stereocenters. The van der Waals surface area contributed by atoms with Crippen LogP contribution in [0.15, 0.2) is 30.3 Å². The number of hydrogen-bond donors (Lipinski definition) is 0. The lowest BCUT2D eigenvalue weighted by Crippen LogP contribution is -2.21. The molecule has 0 aliphatic heterocycles. The van der Waals surface area contributed by atoms with Gasteiger partial charge >= 0.3 is 0 Å². The molecule has 0 spiro atoms. The van der Waals surface area contributed by atoms with Gasteiger partial charge in [-0.05, 0) is 11.5 Å². The summed E-state index contributed by atoms with van der Waals surface area (Å²) in [6.07, 6.45) is 0. The van der Waals surface area contributed by atoms with E-state index < -0.39 is 8.07 Å². The zero-order valence-electron chi connectivity index (χ0n) is 10.0. The Balaban J connectivity index is 2.14. The van der Waals surface area contributed by atoms with Crippen LogP contribution in [0.4, 0.5) is 0 Å². The third-order valence-corrected chi connectivity index (χ3v) is 7.02. The van der Waals surface area contributed by atoms with Crippen LogP contribution in [0.1, 0.15) is 11.5 Å². The lowest BCUT2D eigenvalue weighted by Gasteiger charge is -2.15. The molecule has 0 radical (unpaired) electrons. The lowest BCUT2D eigenvalue weighted by atomic mass is 10.1. The molecule has 0 heterocycles. The fraction of sp³-hybridized carbons (Fsp3) is 0.538. The van der Waals surface area contributed by atoms with Crippen molar-refractivity contribution in [3.63, 3.8) is 0 Å². The molecule has 0 bridgehead atoms. The maximum Gasteiger partial charge on any atom is 0.0908 e. The minimum absolute atomic E-state index is 0.154. The second kappa shape index (κ2) is 4.25. The molecule has 1 fully saturated rings. The first-order chi connectivity index (χ1) is 7.32. The molecule has 88 valence electrons. The summed E-state index contributed by atoms with van der Waals surface area (Å²) in [6, 6.07) is 12.2. The largest absolute Gasteiger partial charge is 0.0908 e. The highest BCUT2D eigenvalue weighted by atomic mass is 79.9. The minimum Gasteiger partial charge on any atom is -0.0717 e. The predicted octanol–water partition coefficient (Wildman–Crippen LogP) is 5.22. The van der Waals surface area contributed by atoms with Gasteiger partial charge in [-0.1, -0.05) is 87.9 Å². The molecular weight excluding hydrogens is 344 g/mol. The van der Waals surface area contributed by atoms with Crippen molar-refractivity contribution in [1.29, 1.82) is 0 Å². The van der Waals surface area contributed by atoms with Crippen LogP contribution in [0.25, 0.3) is 0 Å². The standard InChI is InChI=1S/C13H18Br2Si/c1-16(2,3)9-11-12(13(11,14)15)10-7-5-4-6-8-10/h4-8,11-12H,9H2,1-3H3/t11-,12-/m0/s1. The molecule has 0 amide bonds. The molecule has 1 aromatic carbocycles. The maximum absolute atomic E-state index is 3.85. The van der Waals surface area contributed by atoms with Gasteiger partial charge in [-0.25, -0.2) is 0 Å². The summed E-state index contributed by atoms with van der Waals surface area (Å²) in [5.41, 5.74) is 1.46. The average molecular weight is 362 g/mol. The van der Waals surface area contributed by atoms with Gasteiger partial charge in [0.25, 0.3) is 0 Å². The van der Waals surface area contributed by atoms with Crippen LogP contribution in [0, 0.1) is 5.92 Å². The molecule has 1 saturated carbocycles. The normalized spacial score (nSPS) is 27.8. The molecular formula is C13H18Br2Si. The second-order valence-corrected chi connectivity index (χ2v) is 15.2. The maximum atomic E-state index is 3.85. The number of halogens is 2. The van der Waals surface area contributed by atoms with E-state index in [-0.39, 0.29) is 3.23 Å². The van der Waals surface area contributed by atoms with Crippen molar-refractivity contribution in [3.05, 3.63) is 35.9 Å². The average Bonchev–Trinajstić information content (AvgIpc) is 2.66. The van der Waals surface area contributed by atoms with Crippen molar-refractivity contribution in [2.24, 2.45) is 5.92 Å². The molecule has 3 heteroatoms. The second-order valence-electron chi connectivity index (χ2n) is 5.93. The summed E-state index contributed by atoms with van der Waals surface area (Å²) in [5.74, 6) is 1.39. The monoisotopic (exact) mass is 360 g/mol. The third kappa shape index (κ3) is 2.62. The van der Waals surface area contributed by atoms with Crippen molar-refractivity contribution in [3.8, 4) is 0 Å². The van der Waals surface area contributed by atoms with E-state index in [9.17, 15) is 0 Å². The molecule has 16 heavy (non-hydrogen) atoms. The highest BCUT2D eigenvalue weighted by molar-refractivity contribution is 9.25. The van der Waals surface area contributed by atoms with Gasteiger partial charge in [-0.3, -0.25) is 0 Å². The molecule has 0 N–H and O–H groups in total. The van der Waals surface area contributed by atoms with E-state index in [2.05, 4.69) is 81.8 Å². The highest BCUT2D eigenvalue weighted by Gasteiger charge is 2.62. The van der Waals surface area contributed by atoms with Crippen LogP contribution in [-0.2, 0) is 0 Å². The minimum atomic E-state index is -0.981. The Morgan fingerprint density at radius 1 is 1.12 bits per heavy atom. The van der Waals surface area contributed by atoms with Crippen LogP contribution >= 0.6 is 31.9 Å². The summed E-state index contributed by atoms with van der Waals surface area (Å²) in [4.78, 5) is 0. The summed E-state index contributed by atoms with van der Waals surface area (Å²) < 4.78 is 0.154. The third-order valence-electron chi connectivity index (χ3n) is 3.19. The SMILES string of the molecule is C[Si](C)(C)C[C@H]1[C@H](c2ccccc2)C1(Br)Br. The first-order valence-electron chi connectivity index (χ1n) is 5.75. The van der Waals surface area contributed by atoms with E-state index in [0.29, 0.717) is 5.92 Å². The predicted molar refractivity (Wildman–Crippen MR) is 81.4 cm³/mol. The van der Waals surface area contributed by atoms with E-state index in [1.165, 1.54) is 11.6 Å². The Morgan fingerprint density at radius 2 is 1.69 bits per heavy atom. The fourth-order valence-electron chi connectivity index (χ4n) is 2.42. The smallest absolute Gasteiger partial charge is 0.0717 e. The van der Waals surface area contributed by atoms with Crippen LogP contribution in [0.3, 0.4) is 0 Å². The van der Waals surface area contributed by atoms with Gasteiger partial charge in [0.1, 0.15) is 0 Å². The molecule has 1 aromatic rings. The van der Waals surface area contributed by atoms with Crippen molar-refractivity contribution in [2.45, 2.75) is 34.8 Å². The molecule has 0 unspecified atom stereocenters. The van der Waals surface area contributed by atoms with Crippen molar-refractivity contribution >= 4 is 39.9 Å². The summed E-state index contributed by atoms with van der Waals surface area (Å²) in [7, 11) is -0.981. The summed E-state index contributed by atoms with van der Waals surface area (Å²) >= 11 is 7.69. The van der Waals surface area contributed by atoms with Gasteiger partial charge in [-0.15, -0.1) is 0 Å². The van der Waals surface area contributed by atoms with E-state index >= 15 is 0 Å². The number of hydrogen-bond acceptors (Lipinski definition) is 0. The molecule has 1 aliphatic carbocycles. The van der Waals surface area contributed by atoms with Crippen LogP contribution in [-0.4, -0.2) is 11.3 Å². The van der Waals surface area contributed by atoms with Gasteiger partial charge in [0.2, 0.25) is 0 Å². The summed E-state index contributed by atoms with van der Waals surface area (Å²) in [6.45, 7) is 7.34. The van der Waals surface area contributed by atoms with Gasteiger partial charge in [-0.2, -0.15) is 0 Å². The zero-order chi connectivity index (χ0) is 12.0. The summed E-state index contributed by atoms with van der Waals surface area (Å²) in [5, 5.41) is 0. The zero-order valence-corrected chi connectivity index (χ0v) is 14.2. The fourth-order valence-corrected chi connectivity index (χ4v) is 6.65. The number of benzene rings is 1. The Kier molecular flexibility index (Phi) is 3.41. The van der Waals surface area contributed by atoms with E-state index in [1.54, 1.807) is 0 Å². The van der Waals surface area contributed by atoms with Gasteiger partial charge < -0.3 is 0 Å². The van der Waals surface area contributed by atoms with E-state index in [4.69, 9.17) is 0 Å². The van der Waals surface area contributed by atoms with Crippen LogP contribution in [0.5, 0.6) is 0 Å². The Morgan fingerprint density at radius 3 is 2.19 bits per heavy atom. The van der Waals surface area contributed by atoms with Crippen LogP contribution in [0.2, 0.25) is 25.7 Å². The first kappa shape index (κ1) is 12.8. The molecule has 0 aromatic heterocycles. The van der Waals surface area contributed by atoms with Gasteiger partial charge in [0.05, 0.1) is 3.23 Å². The Labute approximate surface area is 116 Å². The van der Waals surface area contributed by atoms with E-state index in [0.717, 1.165) is 5.92 Å². The van der Waals surface area contributed by atoms with Gasteiger partial charge in [0.15, 0.2) is 0 Å². The molecule has 0 nitrogen and oxygen atoms in total. The quantitative estimate of drug-likeness (QED) is 0.511. The van der Waals surface area contributed by atoms with Crippen molar-refractivity contribution in [1.82, 2.24) is 0 Å². The number of rotatable bonds is 3. The molecule has 1 aliphatic rings. The Bertz CT molecular complexity index is 367. The number of alkyl halides is 2. The van der Waals surface area contributed by atoms with E-state index in [1.807, 2.05) is 0 Å². The highest BCUT2D eigenvalue weighted by Crippen LogP contribution is 2.69.